The van der Waals surface area contributed by atoms with Crippen LogP contribution in [-0.4, -0.2) is 26.1 Å². The van der Waals surface area contributed by atoms with Crippen molar-refractivity contribution in [3.05, 3.63) is 89.3 Å². The Hall–Kier alpha value is -3.64. The topological polar surface area (TPSA) is 58.9 Å². The maximum Gasteiger partial charge on any atom is 0.216 e. The third-order valence-electron chi connectivity index (χ3n) is 4.66. The molecule has 3 aromatic carbocycles. The molecular formula is C22H15N5S. The van der Waals surface area contributed by atoms with Crippen LogP contribution < -0.4 is 0 Å². The number of aromatic nitrogens is 4. The zero-order chi connectivity index (χ0) is 18.9. The van der Waals surface area contributed by atoms with E-state index in [1.54, 1.807) is 10.9 Å². The van der Waals surface area contributed by atoms with Gasteiger partial charge in [-0.25, -0.2) is 5.10 Å². The predicted molar refractivity (Wildman–Crippen MR) is 115 cm³/mol. The van der Waals surface area contributed by atoms with Gasteiger partial charge in [-0.1, -0.05) is 54.6 Å². The van der Waals surface area contributed by atoms with Crippen molar-refractivity contribution in [2.75, 3.05) is 0 Å². The van der Waals surface area contributed by atoms with E-state index < -0.39 is 0 Å². The predicted octanol–water partition coefficient (Wildman–Crippen LogP) is 5.19. The van der Waals surface area contributed by atoms with Gasteiger partial charge in [0.1, 0.15) is 5.69 Å². The summed E-state index contributed by atoms with van der Waals surface area (Å²) in [6.07, 6.45) is 3.57. The van der Waals surface area contributed by atoms with Gasteiger partial charge in [0.15, 0.2) is 0 Å². The number of nitrogens with zero attached hydrogens (tertiary/aromatic N) is 4. The van der Waals surface area contributed by atoms with E-state index in [0.717, 1.165) is 16.3 Å². The molecule has 0 atom stereocenters. The molecule has 5 nitrogen and oxygen atoms in total. The van der Waals surface area contributed by atoms with Crippen molar-refractivity contribution < 1.29 is 0 Å². The highest BCUT2D eigenvalue weighted by atomic mass is 32.1. The Labute approximate surface area is 166 Å². The van der Waals surface area contributed by atoms with Crippen LogP contribution in [0.15, 0.2) is 84.1 Å². The van der Waals surface area contributed by atoms with Crippen molar-refractivity contribution >= 4 is 40.0 Å². The molecule has 0 bridgehead atoms. The maximum absolute atomic E-state index is 5.38. The molecule has 134 valence electrons. The first-order valence-corrected chi connectivity index (χ1v) is 9.26. The summed E-state index contributed by atoms with van der Waals surface area (Å²) in [7, 11) is 0. The van der Waals surface area contributed by atoms with Crippen LogP contribution in [0, 0.1) is 4.77 Å². The van der Waals surface area contributed by atoms with Gasteiger partial charge in [0.2, 0.25) is 10.6 Å². The number of nitrogens with one attached hydrogen (secondary N) is 1. The fourth-order valence-corrected chi connectivity index (χ4v) is 3.54. The lowest BCUT2D eigenvalue weighted by molar-refractivity contribution is 0.868. The van der Waals surface area contributed by atoms with Gasteiger partial charge in [0.25, 0.3) is 0 Å². The minimum atomic E-state index is 0.418. The van der Waals surface area contributed by atoms with Gasteiger partial charge in [-0.2, -0.15) is 14.9 Å². The van der Waals surface area contributed by atoms with Crippen molar-refractivity contribution in [1.82, 2.24) is 19.9 Å². The van der Waals surface area contributed by atoms with E-state index in [1.807, 2.05) is 48.7 Å². The largest absolute Gasteiger partial charge is 0.253 e. The molecular weight excluding hydrogens is 366 g/mol. The number of pyridine rings is 1. The molecule has 0 saturated heterocycles. The number of rotatable bonds is 3. The Morgan fingerprint density at radius 3 is 2.25 bits per heavy atom. The number of hydrogen-bond donors (Lipinski definition) is 1. The molecule has 2 heterocycles. The molecule has 0 aliphatic carbocycles. The van der Waals surface area contributed by atoms with Gasteiger partial charge in [0, 0.05) is 11.8 Å². The van der Waals surface area contributed by atoms with Crippen LogP contribution in [0.5, 0.6) is 0 Å². The summed E-state index contributed by atoms with van der Waals surface area (Å²) in [6.45, 7) is 0. The Morgan fingerprint density at radius 2 is 1.57 bits per heavy atom. The Balaban J connectivity index is 1.72. The zero-order valence-electron chi connectivity index (χ0n) is 14.8. The number of aromatic amines is 1. The summed E-state index contributed by atoms with van der Waals surface area (Å²) in [5.41, 5.74) is 1.75. The number of hydrogen-bond acceptors (Lipinski definition) is 4. The highest BCUT2D eigenvalue weighted by Crippen LogP contribution is 2.27. The average molecular weight is 381 g/mol. The molecule has 0 unspecified atom stereocenters. The molecule has 0 saturated carbocycles. The van der Waals surface area contributed by atoms with Gasteiger partial charge < -0.3 is 0 Å². The first-order valence-electron chi connectivity index (χ1n) is 8.85. The van der Waals surface area contributed by atoms with Crippen LogP contribution in [0.3, 0.4) is 0 Å². The van der Waals surface area contributed by atoms with Crippen molar-refractivity contribution in [2.45, 2.75) is 0 Å². The number of H-pyrrole nitrogens is 1. The standard InChI is InChI=1S/C22H15N5S/c28-22-26-25-21(20-11-5-6-12-23-20)27(22)24-14-19-17-9-3-1-7-15(17)13-16-8-2-4-10-18(16)19/h1-14H,(H,26,28)/b24-14+. The highest BCUT2D eigenvalue weighted by Gasteiger charge is 2.10. The van der Waals surface area contributed by atoms with Gasteiger partial charge in [-0.05, 0) is 52.0 Å². The average Bonchev–Trinajstić information content (AvgIpc) is 3.12. The maximum atomic E-state index is 5.38. The third kappa shape index (κ3) is 2.80. The summed E-state index contributed by atoms with van der Waals surface area (Å²) in [4.78, 5) is 4.35. The monoisotopic (exact) mass is 381 g/mol. The molecule has 5 aromatic rings. The lowest BCUT2D eigenvalue weighted by Crippen LogP contribution is -1.97. The van der Waals surface area contributed by atoms with Crippen LogP contribution in [0.25, 0.3) is 33.1 Å². The quantitative estimate of drug-likeness (QED) is 0.266. The second-order valence-corrected chi connectivity index (χ2v) is 6.74. The Bertz CT molecular complexity index is 1330. The minimum absolute atomic E-state index is 0.418. The summed E-state index contributed by atoms with van der Waals surface area (Å²) in [5.74, 6) is 0.575. The van der Waals surface area contributed by atoms with Crippen LogP contribution >= 0.6 is 12.2 Å². The van der Waals surface area contributed by atoms with Crippen molar-refractivity contribution in [2.24, 2.45) is 5.10 Å². The normalized spacial score (nSPS) is 11.6. The van der Waals surface area contributed by atoms with Crippen LogP contribution in [-0.2, 0) is 0 Å². The number of benzene rings is 3. The molecule has 28 heavy (non-hydrogen) atoms. The molecule has 0 aliphatic heterocycles. The van der Waals surface area contributed by atoms with Crippen molar-refractivity contribution in [3.63, 3.8) is 0 Å². The van der Waals surface area contributed by atoms with Crippen molar-refractivity contribution in [3.8, 4) is 11.5 Å². The van der Waals surface area contributed by atoms with E-state index in [4.69, 9.17) is 12.2 Å². The minimum Gasteiger partial charge on any atom is -0.253 e. The molecule has 0 radical (unpaired) electrons. The first kappa shape index (κ1) is 16.5. The lowest BCUT2D eigenvalue weighted by Gasteiger charge is -2.08. The summed E-state index contributed by atoms with van der Waals surface area (Å²) in [5, 5.41) is 16.4. The fraction of sp³-hybridized carbons (Fsp3) is 0. The summed E-state index contributed by atoms with van der Waals surface area (Å²) >= 11 is 5.38. The van der Waals surface area contributed by atoms with Crippen molar-refractivity contribution in [1.29, 1.82) is 0 Å². The molecule has 6 heteroatoms. The second-order valence-electron chi connectivity index (χ2n) is 6.36. The van der Waals surface area contributed by atoms with E-state index in [2.05, 4.69) is 50.6 Å². The van der Waals surface area contributed by atoms with Gasteiger partial charge in [0.05, 0.1) is 6.21 Å². The molecule has 0 amide bonds. The molecule has 1 N–H and O–H groups in total. The SMILES string of the molecule is S=c1[nH]nc(-c2ccccn2)n1/N=C/c1c2ccccc2cc2ccccc12. The van der Waals surface area contributed by atoms with Gasteiger partial charge in [-0.3, -0.25) is 4.98 Å². The van der Waals surface area contributed by atoms with Gasteiger partial charge in [-0.15, -0.1) is 0 Å². The highest BCUT2D eigenvalue weighted by molar-refractivity contribution is 7.71. The second kappa shape index (κ2) is 6.83. The van der Waals surface area contributed by atoms with Gasteiger partial charge >= 0.3 is 0 Å². The van der Waals surface area contributed by atoms with Crippen LogP contribution in [0.1, 0.15) is 5.56 Å². The van der Waals surface area contributed by atoms with E-state index in [-0.39, 0.29) is 0 Å². The number of fused-ring (bicyclic) bond motifs is 2. The van der Waals surface area contributed by atoms with E-state index in [1.165, 1.54) is 10.8 Å². The Morgan fingerprint density at radius 1 is 0.893 bits per heavy atom. The first-order chi connectivity index (χ1) is 13.8. The van der Waals surface area contributed by atoms with Crippen LogP contribution in [0.4, 0.5) is 0 Å². The van der Waals surface area contributed by atoms with E-state index >= 15 is 0 Å². The fourth-order valence-electron chi connectivity index (χ4n) is 3.36. The summed E-state index contributed by atoms with van der Waals surface area (Å²) in [6, 6.07) is 24.5. The molecule has 0 spiro atoms. The molecule has 5 rings (SSSR count). The Kier molecular flexibility index (Phi) is 4.03. The molecule has 0 aliphatic rings. The lowest BCUT2D eigenvalue weighted by atomic mass is 9.97. The van der Waals surface area contributed by atoms with E-state index in [0.29, 0.717) is 16.3 Å². The zero-order valence-corrected chi connectivity index (χ0v) is 15.6. The summed E-state index contributed by atoms with van der Waals surface area (Å²) < 4.78 is 2.02. The molecule has 2 aromatic heterocycles. The van der Waals surface area contributed by atoms with Crippen LogP contribution in [0.2, 0.25) is 0 Å². The van der Waals surface area contributed by atoms with E-state index in [9.17, 15) is 0 Å². The third-order valence-corrected chi connectivity index (χ3v) is 4.92. The smallest absolute Gasteiger partial charge is 0.216 e. The molecule has 0 fully saturated rings.